The zero-order valence-corrected chi connectivity index (χ0v) is 38.6. The maximum atomic E-state index is 14.3. The van der Waals surface area contributed by atoms with Gasteiger partial charge in [-0.25, -0.2) is 10.2 Å². The van der Waals surface area contributed by atoms with Gasteiger partial charge in [0, 0.05) is 37.4 Å². The zero-order chi connectivity index (χ0) is 48.1. The molecule has 0 aromatic heterocycles. The number of rotatable bonds is 29. The normalized spacial score (nSPS) is 15.7. The Labute approximate surface area is 387 Å². The summed E-state index contributed by atoms with van der Waals surface area (Å²) in [6, 6.07) is 13.8. The number of aliphatic hydroxyl groups excluding tert-OH is 1. The van der Waals surface area contributed by atoms with Crippen molar-refractivity contribution in [2.45, 2.75) is 134 Å². The van der Waals surface area contributed by atoms with Crippen LogP contribution in [0.25, 0.3) is 0 Å². The van der Waals surface area contributed by atoms with Crippen LogP contribution in [-0.4, -0.2) is 111 Å². The van der Waals surface area contributed by atoms with Crippen LogP contribution < -0.4 is 37.5 Å². The standard InChI is InChI=1S/C47H71N9O10/c1-32(54-56(64)65)48-27-18-26-38(42(59)52-39(31-33-19-10-9-11-20-33)40(57)43(60)49-28-29-50-53-46(63)66-47(2,3)4)51-41(58)35(34-21-13-14-22-34)23-12-7-5-6-8-17-30-55-44(61)36-24-15-16-25-37(36)45(55)62/h9-11,15-16,19-20,24-25,34-35,38-40,48,50,54,57,64-65H,1,5-8,12-14,17-18,21-23,26-31H2,2-4H3,(H,49,60)(H,51,58)(H,52,59)(H,53,63)/t35?,38-,39-,40-/m0/s1. The lowest BCUT2D eigenvalue weighted by Crippen LogP contribution is -2.57. The van der Waals surface area contributed by atoms with Gasteiger partial charge < -0.3 is 31.1 Å². The van der Waals surface area contributed by atoms with Crippen molar-refractivity contribution >= 4 is 35.6 Å². The van der Waals surface area contributed by atoms with Crippen LogP contribution in [0, 0.1) is 11.8 Å². The van der Waals surface area contributed by atoms with E-state index < -0.39 is 41.7 Å². The summed E-state index contributed by atoms with van der Waals surface area (Å²) in [5.41, 5.74) is 8.15. The average Bonchev–Trinajstić information content (AvgIpc) is 3.89. The van der Waals surface area contributed by atoms with Crippen molar-refractivity contribution in [1.82, 2.24) is 47.8 Å². The number of fused-ring (bicyclic) bond motifs is 1. The van der Waals surface area contributed by atoms with Gasteiger partial charge in [-0.15, -0.1) is 0 Å². The lowest BCUT2D eigenvalue weighted by molar-refractivity contribution is -0.336. The van der Waals surface area contributed by atoms with E-state index in [9.17, 15) is 33.9 Å². The summed E-state index contributed by atoms with van der Waals surface area (Å²) in [4.78, 5) is 80.5. The van der Waals surface area contributed by atoms with Crippen LogP contribution in [0.15, 0.2) is 67.0 Å². The summed E-state index contributed by atoms with van der Waals surface area (Å²) in [6.07, 6.45) is 7.85. The summed E-state index contributed by atoms with van der Waals surface area (Å²) in [5, 5.41) is 40.7. The topological polar surface area (TPSA) is 263 Å². The molecule has 1 aliphatic heterocycles. The third kappa shape index (κ3) is 18.0. The fraction of sp³-hybridized carbons (Fsp3) is 0.574. The van der Waals surface area contributed by atoms with Gasteiger partial charge in [-0.3, -0.25) is 50.1 Å². The first-order chi connectivity index (χ1) is 31.5. The molecule has 19 nitrogen and oxygen atoms in total. The summed E-state index contributed by atoms with van der Waals surface area (Å²) in [6.45, 7) is 9.59. The maximum Gasteiger partial charge on any atom is 0.422 e. The third-order valence-corrected chi connectivity index (χ3v) is 11.6. The zero-order valence-electron chi connectivity index (χ0n) is 38.6. The predicted molar refractivity (Wildman–Crippen MR) is 245 cm³/mol. The van der Waals surface area contributed by atoms with Gasteiger partial charge >= 0.3 is 6.09 Å². The molecule has 0 spiro atoms. The van der Waals surface area contributed by atoms with Crippen LogP contribution in [0.1, 0.15) is 131 Å². The first kappa shape index (κ1) is 53.0. The van der Waals surface area contributed by atoms with Crippen molar-refractivity contribution in [3.63, 3.8) is 0 Å². The first-order valence-corrected chi connectivity index (χ1v) is 23.2. The summed E-state index contributed by atoms with van der Waals surface area (Å²) >= 11 is 0. The maximum absolute atomic E-state index is 14.3. The molecule has 1 fully saturated rings. The van der Waals surface area contributed by atoms with E-state index >= 15 is 0 Å². The Hall–Kier alpha value is -5.60. The summed E-state index contributed by atoms with van der Waals surface area (Å²) < 4.78 is 5.17. The minimum Gasteiger partial charge on any atom is -0.443 e. The highest BCUT2D eigenvalue weighted by molar-refractivity contribution is 6.21. The minimum absolute atomic E-state index is 0.0229. The molecule has 2 aliphatic rings. The van der Waals surface area contributed by atoms with Gasteiger partial charge in [0.2, 0.25) is 11.8 Å². The number of hydrogen-bond acceptors (Lipinski definition) is 14. The molecule has 19 heteroatoms. The highest BCUT2D eigenvalue weighted by atomic mass is 16.8. The van der Waals surface area contributed by atoms with E-state index in [4.69, 9.17) is 15.2 Å². The number of amides is 6. The number of carbonyl (C=O) groups is 6. The van der Waals surface area contributed by atoms with E-state index in [1.54, 1.807) is 57.2 Å². The molecule has 2 aromatic carbocycles. The molecule has 1 unspecified atom stereocenters. The molecule has 2 aromatic rings. The predicted octanol–water partition coefficient (Wildman–Crippen LogP) is 3.96. The number of aliphatic hydroxyl groups is 1. The van der Waals surface area contributed by atoms with Gasteiger partial charge in [0.25, 0.3) is 17.7 Å². The average molecular weight is 922 g/mol. The highest BCUT2D eigenvalue weighted by Gasteiger charge is 2.36. The second-order valence-corrected chi connectivity index (χ2v) is 18.0. The molecule has 0 radical (unpaired) electrons. The minimum atomic E-state index is -1.69. The lowest BCUT2D eigenvalue weighted by atomic mass is 9.85. The number of hydrogen-bond donors (Lipinski definition) is 10. The molecule has 6 amide bonds. The number of unbranched alkanes of at least 4 members (excludes halogenated alkanes) is 5. The molecule has 1 heterocycles. The number of carbonyl (C=O) groups excluding carboxylic acids is 6. The Balaban J connectivity index is 1.35. The van der Waals surface area contributed by atoms with E-state index in [0.717, 1.165) is 63.4 Å². The van der Waals surface area contributed by atoms with E-state index in [-0.39, 0.29) is 73.2 Å². The van der Waals surface area contributed by atoms with Gasteiger partial charge in [-0.05, 0) is 89.3 Å². The van der Waals surface area contributed by atoms with Crippen LogP contribution in [0.3, 0.4) is 0 Å². The van der Waals surface area contributed by atoms with Gasteiger partial charge in [-0.1, -0.05) is 94.0 Å². The highest BCUT2D eigenvalue weighted by Crippen LogP contribution is 2.35. The van der Waals surface area contributed by atoms with Gasteiger partial charge in [-0.2, -0.15) is 0 Å². The van der Waals surface area contributed by atoms with E-state index in [1.165, 1.54) is 4.90 Å². The van der Waals surface area contributed by atoms with Crippen molar-refractivity contribution in [1.29, 1.82) is 0 Å². The fourth-order valence-corrected chi connectivity index (χ4v) is 8.34. The molecule has 0 bridgehead atoms. The number of ether oxygens (including phenoxy) is 1. The second kappa shape index (κ2) is 27.1. The quantitative estimate of drug-likeness (QED) is 0.0315. The van der Waals surface area contributed by atoms with Crippen LogP contribution in [-0.2, 0) is 25.5 Å². The molecule has 10 N–H and O–H groups in total. The van der Waals surface area contributed by atoms with Crippen molar-refractivity contribution in [3.8, 4) is 0 Å². The molecule has 4 rings (SSSR count). The monoisotopic (exact) mass is 922 g/mol. The molecular weight excluding hydrogens is 851 g/mol. The second-order valence-electron chi connectivity index (χ2n) is 18.0. The van der Waals surface area contributed by atoms with E-state index in [1.807, 2.05) is 18.2 Å². The molecule has 1 saturated carbocycles. The smallest absolute Gasteiger partial charge is 0.422 e. The van der Waals surface area contributed by atoms with Crippen LogP contribution in [0.5, 0.6) is 0 Å². The Kier molecular flexibility index (Phi) is 21.8. The number of benzene rings is 2. The Morgan fingerprint density at radius 3 is 2.03 bits per heavy atom. The summed E-state index contributed by atoms with van der Waals surface area (Å²) in [7, 11) is 0. The Bertz CT molecular complexity index is 1870. The largest absolute Gasteiger partial charge is 0.443 e. The lowest BCUT2D eigenvalue weighted by Gasteiger charge is -2.29. The van der Waals surface area contributed by atoms with Crippen molar-refractivity contribution in [2.24, 2.45) is 11.8 Å². The van der Waals surface area contributed by atoms with Crippen LogP contribution in [0.2, 0.25) is 0 Å². The first-order valence-electron chi connectivity index (χ1n) is 23.2. The van der Waals surface area contributed by atoms with Crippen molar-refractivity contribution in [3.05, 3.63) is 83.7 Å². The number of nitrogens with one attached hydrogen (secondary N) is 7. The van der Waals surface area contributed by atoms with Gasteiger partial charge in [0.05, 0.1) is 17.2 Å². The summed E-state index contributed by atoms with van der Waals surface area (Å²) in [5.74, 6) is -2.13. The van der Waals surface area contributed by atoms with E-state index in [0.29, 0.717) is 36.9 Å². The Morgan fingerprint density at radius 2 is 1.39 bits per heavy atom. The SMILES string of the molecule is C=C(NCCC[C@H](NC(=O)C(CCCCCCCCN1C(=O)c2ccccc2C1=O)C1CCCC1)C(=O)N[C@@H](Cc1ccccc1)[C@H](O)C(=O)NCCNNC(=O)OC(C)(C)C)NN(O)O. The van der Waals surface area contributed by atoms with Crippen molar-refractivity contribution < 1.29 is 49.0 Å². The molecule has 0 saturated heterocycles. The van der Waals surface area contributed by atoms with Crippen LogP contribution >= 0.6 is 0 Å². The molecule has 4 atom stereocenters. The Morgan fingerprint density at radius 1 is 0.773 bits per heavy atom. The molecule has 1 aliphatic carbocycles. The van der Waals surface area contributed by atoms with Gasteiger partial charge in [0.1, 0.15) is 17.5 Å². The van der Waals surface area contributed by atoms with E-state index in [2.05, 4.69) is 44.1 Å². The fourth-order valence-electron chi connectivity index (χ4n) is 8.34. The third-order valence-electron chi connectivity index (χ3n) is 11.6. The molecular formula is C47H71N9O10. The number of imide groups is 1. The number of nitrogens with zero attached hydrogens (tertiary/aromatic N) is 2. The molecule has 66 heavy (non-hydrogen) atoms. The van der Waals surface area contributed by atoms with Crippen LogP contribution in [0.4, 0.5) is 4.79 Å². The molecule has 364 valence electrons. The van der Waals surface area contributed by atoms with Crippen molar-refractivity contribution in [2.75, 3.05) is 26.2 Å². The van der Waals surface area contributed by atoms with Gasteiger partial charge in [0.15, 0.2) is 6.10 Å². The number of hydrazine groups is 2.